The molecule has 1 atom stereocenters. The van der Waals surface area contributed by atoms with E-state index in [-0.39, 0.29) is 0 Å². The van der Waals surface area contributed by atoms with Gasteiger partial charge in [-0.25, -0.2) is 0 Å². The molecule has 14 heavy (non-hydrogen) atoms. The maximum absolute atomic E-state index is 10.0. The molecule has 0 saturated carbocycles. The van der Waals surface area contributed by atoms with Crippen molar-refractivity contribution in [3.63, 3.8) is 0 Å². The minimum atomic E-state index is -0.975. The molecule has 1 unspecified atom stereocenters. The molecule has 0 saturated heterocycles. The van der Waals surface area contributed by atoms with Crippen molar-refractivity contribution in [2.24, 2.45) is 0 Å². The average Bonchev–Trinajstić information content (AvgIpc) is 2.69. The van der Waals surface area contributed by atoms with Crippen LogP contribution in [0.5, 0.6) is 0 Å². The monoisotopic (exact) mass is 198 g/mol. The van der Waals surface area contributed by atoms with Gasteiger partial charge in [-0.3, -0.25) is 0 Å². The third kappa shape index (κ3) is 2.36. The minimum Gasteiger partial charge on any atom is -0.472 e. The molecule has 0 aromatic carbocycles. The first kappa shape index (κ1) is 11.3. The van der Waals surface area contributed by atoms with Crippen LogP contribution in [0.15, 0.2) is 23.0 Å². The SMILES string of the molecule is CCC(O)(CC)C(O)Cc1ccoc1. The minimum absolute atomic E-state index is 0.439. The summed E-state index contributed by atoms with van der Waals surface area (Å²) in [4.78, 5) is 0. The molecule has 0 aliphatic heterocycles. The van der Waals surface area contributed by atoms with Crippen LogP contribution in [0.4, 0.5) is 0 Å². The van der Waals surface area contributed by atoms with Crippen molar-refractivity contribution < 1.29 is 14.6 Å². The second-order valence-corrected chi connectivity index (χ2v) is 3.66. The van der Waals surface area contributed by atoms with Crippen molar-refractivity contribution in [3.05, 3.63) is 24.2 Å². The Labute approximate surface area is 84.4 Å². The lowest BCUT2D eigenvalue weighted by Gasteiger charge is -2.30. The van der Waals surface area contributed by atoms with Gasteiger partial charge in [-0.2, -0.15) is 0 Å². The summed E-state index contributed by atoms with van der Waals surface area (Å²) in [5.41, 5.74) is -0.0603. The first-order valence-electron chi connectivity index (χ1n) is 5.04. The molecule has 0 fully saturated rings. The smallest absolute Gasteiger partial charge is 0.0935 e. The molecule has 3 nitrogen and oxygen atoms in total. The Hall–Kier alpha value is -0.800. The first-order chi connectivity index (χ1) is 6.62. The van der Waals surface area contributed by atoms with Gasteiger partial charge >= 0.3 is 0 Å². The first-order valence-corrected chi connectivity index (χ1v) is 5.04. The van der Waals surface area contributed by atoms with Crippen molar-refractivity contribution in [3.8, 4) is 0 Å². The van der Waals surface area contributed by atoms with Gasteiger partial charge in [-0.15, -0.1) is 0 Å². The van der Waals surface area contributed by atoms with Crippen molar-refractivity contribution in [1.29, 1.82) is 0 Å². The molecule has 3 heteroatoms. The fourth-order valence-corrected chi connectivity index (χ4v) is 1.54. The zero-order valence-electron chi connectivity index (χ0n) is 8.73. The Morgan fingerprint density at radius 3 is 2.50 bits per heavy atom. The van der Waals surface area contributed by atoms with E-state index in [0.717, 1.165) is 5.56 Å². The van der Waals surface area contributed by atoms with E-state index in [9.17, 15) is 10.2 Å². The van der Waals surface area contributed by atoms with Gasteiger partial charge in [0.2, 0.25) is 0 Å². The number of furan rings is 1. The molecule has 1 rings (SSSR count). The van der Waals surface area contributed by atoms with E-state index in [4.69, 9.17) is 4.42 Å². The van der Waals surface area contributed by atoms with E-state index in [1.54, 1.807) is 18.6 Å². The molecular formula is C11H18O3. The van der Waals surface area contributed by atoms with E-state index in [1.807, 2.05) is 13.8 Å². The molecule has 0 aliphatic rings. The predicted octanol–water partition coefficient (Wildman–Crippen LogP) is 1.73. The molecule has 0 radical (unpaired) electrons. The summed E-state index contributed by atoms with van der Waals surface area (Å²) < 4.78 is 4.90. The van der Waals surface area contributed by atoms with Crippen LogP contribution in [0.3, 0.4) is 0 Å². The lowest BCUT2D eigenvalue weighted by molar-refractivity contribution is -0.0790. The molecule has 0 amide bonds. The predicted molar refractivity (Wildman–Crippen MR) is 54.0 cm³/mol. The summed E-state index contributed by atoms with van der Waals surface area (Å²) in [6.07, 6.45) is 3.99. The van der Waals surface area contributed by atoms with Gasteiger partial charge in [0, 0.05) is 6.42 Å². The maximum atomic E-state index is 10.0. The molecular weight excluding hydrogens is 180 g/mol. The molecule has 2 N–H and O–H groups in total. The third-order valence-electron chi connectivity index (χ3n) is 2.85. The van der Waals surface area contributed by atoms with Crippen molar-refractivity contribution in [2.45, 2.75) is 44.8 Å². The number of hydrogen-bond donors (Lipinski definition) is 2. The molecule has 1 aromatic rings. The number of aliphatic hydroxyl groups is 2. The number of aliphatic hydroxyl groups excluding tert-OH is 1. The molecule has 1 heterocycles. The Kier molecular flexibility index (Phi) is 3.72. The van der Waals surface area contributed by atoms with E-state index in [0.29, 0.717) is 19.3 Å². The van der Waals surface area contributed by atoms with Crippen LogP contribution in [0.25, 0.3) is 0 Å². The summed E-state index contributed by atoms with van der Waals surface area (Å²) >= 11 is 0. The third-order valence-corrected chi connectivity index (χ3v) is 2.85. The topological polar surface area (TPSA) is 53.6 Å². The highest BCUT2D eigenvalue weighted by Gasteiger charge is 2.31. The summed E-state index contributed by atoms with van der Waals surface area (Å²) in [7, 11) is 0. The van der Waals surface area contributed by atoms with Crippen LogP contribution in [0, 0.1) is 0 Å². The highest BCUT2D eigenvalue weighted by Crippen LogP contribution is 2.22. The zero-order valence-corrected chi connectivity index (χ0v) is 8.73. The van der Waals surface area contributed by atoms with Gasteiger partial charge in [0.25, 0.3) is 0 Å². The van der Waals surface area contributed by atoms with Gasteiger partial charge in [0.1, 0.15) is 0 Å². The largest absolute Gasteiger partial charge is 0.472 e. The second-order valence-electron chi connectivity index (χ2n) is 3.66. The fraction of sp³-hybridized carbons (Fsp3) is 0.636. The van der Waals surface area contributed by atoms with Crippen LogP contribution in [0.2, 0.25) is 0 Å². The highest BCUT2D eigenvalue weighted by molar-refractivity contribution is 5.08. The molecule has 80 valence electrons. The van der Waals surface area contributed by atoms with E-state index < -0.39 is 11.7 Å². The van der Waals surface area contributed by atoms with Gasteiger partial charge in [0.05, 0.1) is 24.2 Å². The number of hydrogen-bond acceptors (Lipinski definition) is 3. The lowest BCUT2D eigenvalue weighted by atomic mass is 9.87. The quantitative estimate of drug-likeness (QED) is 0.757. The van der Waals surface area contributed by atoms with Crippen molar-refractivity contribution >= 4 is 0 Å². The normalized spacial score (nSPS) is 14.3. The average molecular weight is 198 g/mol. The van der Waals surface area contributed by atoms with Crippen LogP contribution in [0.1, 0.15) is 32.3 Å². The second kappa shape index (κ2) is 4.62. The maximum Gasteiger partial charge on any atom is 0.0935 e. The van der Waals surface area contributed by atoms with E-state index in [1.165, 1.54) is 0 Å². The molecule has 0 aliphatic carbocycles. The summed E-state index contributed by atoms with van der Waals surface area (Å²) in [5, 5.41) is 19.9. The van der Waals surface area contributed by atoms with Gasteiger partial charge in [-0.1, -0.05) is 13.8 Å². The Morgan fingerprint density at radius 1 is 1.43 bits per heavy atom. The lowest BCUT2D eigenvalue weighted by Crippen LogP contribution is -2.42. The van der Waals surface area contributed by atoms with Crippen LogP contribution >= 0.6 is 0 Å². The molecule has 0 bridgehead atoms. The van der Waals surface area contributed by atoms with Crippen molar-refractivity contribution in [1.82, 2.24) is 0 Å². The highest BCUT2D eigenvalue weighted by atomic mass is 16.3. The Bertz CT molecular complexity index is 250. The molecule has 0 spiro atoms. The fourth-order valence-electron chi connectivity index (χ4n) is 1.54. The zero-order chi connectivity index (χ0) is 10.6. The van der Waals surface area contributed by atoms with Gasteiger partial charge in [-0.05, 0) is 24.5 Å². The Balaban J connectivity index is 2.60. The summed E-state index contributed by atoms with van der Waals surface area (Å²) in [6.45, 7) is 3.75. The van der Waals surface area contributed by atoms with E-state index >= 15 is 0 Å². The Morgan fingerprint density at radius 2 is 2.07 bits per heavy atom. The van der Waals surface area contributed by atoms with Crippen molar-refractivity contribution in [2.75, 3.05) is 0 Å². The van der Waals surface area contributed by atoms with E-state index in [2.05, 4.69) is 0 Å². The summed E-state index contributed by atoms with van der Waals surface area (Å²) in [6, 6.07) is 1.80. The van der Waals surface area contributed by atoms with Crippen LogP contribution in [-0.4, -0.2) is 21.9 Å². The van der Waals surface area contributed by atoms with Crippen LogP contribution in [-0.2, 0) is 6.42 Å². The number of rotatable bonds is 5. The standard InChI is InChI=1S/C11H18O3/c1-3-11(13,4-2)10(12)7-9-5-6-14-8-9/h5-6,8,10,12-13H,3-4,7H2,1-2H3. The van der Waals surface area contributed by atoms with Gasteiger partial charge < -0.3 is 14.6 Å². The van der Waals surface area contributed by atoms with Gasteiger partial charge in [0.15, 0.2) is 0 Å². The summed E-state index contributed by atoms with van der Waals surface area (Å²) in [5.74, 6) is 0. The molecule has 1 aromatic heterocycles. The van der Waals surface area contributed by atoms with Crippen LogP contribution < -0.4 is 0 Å².